The van der Waals surface area contributed by atoms with E-state index in [0.29, 0.717) is 25.5 Å². The topological polar surface area (TPSA) is 108 Å². The van der Waals surface area contributed by atoms with Crippen molar-refractivity contribution in [3.05, 3.63) is 71.7 Å². The van der Waals surface area contributed by atoms with Gasteiger partial charge in [-0.2, -0.15) is 4.98 Å². The number of piperazine rings is 1. The Morgan fingerprint density at radius 3 is 2.62 bits per heavy atom. The Morgan fingerprint density at radius 1 is 1.15 bits per heavy atom. The number of nitrogens with one attached hydrogen (secondary N) is 1. The minimum Gasteiger partial charge on any atom is -0.366 e. The standard InChI is InChI=1S/C30H37N7O3/c1-21-18-22(7-8-23(21)19-32-27(39)28-33-29(34-40-28)30(2)10-11-30)24-9-12-31-20-25(24)36-14-16-37(17-15-36)26(38)6-5-13-35(3)4/h5-9,12,18,20H,10-11,13-17,19H2,1-4H3,(H,32,39). The van der Waals surface area contributed by atoms with Gasteiger partial charge in [0, 0.05) is 62.5 Å². The molecule has 40 heavy (non-hydrogen) atoms. The molecule has 210 valence electrons. The van der Waals surface area contributed by atoms with Crippen LogP contribution in [0.5, 0.6) is 0 Å². The molecule has 1 saturated carbocycles. The molecule has 3 heterocycles. The summed E-state index contributed by atoms with van der Waals surface area (Å²) in [7, 11) is 3.96. The fourth-order valence-corrected chi connectivity index (χ4v) is 4.80. The average Bonchev–Trinajstić information content (AvgIpc) is 3.50. The summed E-state index contributed by atoms with van der Waals surface area (Å²) in [4.78, 5) is 40.0. The normalized spacial score (nSPS) is 16.5. The molecule has 1 saturated heterocycles. The lowest BCUT2D eigenvalue weighted by molar-refractivity contribution is -0.126. The lowest BCUT2D eigenvalue weighted by atomic mass is 9.99. The Bertz CT molecular complexity index is 1400. The molecule has 1 aromatic carbocycles. The molecule has 0 unspecified atom stereocenters. The van der Waals surface area contributed by atoms with Crippen LogP contribution in [0, 0.1) is 6.92 Å². The van der Waals surface area contributed by atoms with E-state index in [1.54, 1.807) is 12.3 Å². The van der Waals surface area contributed by atoms with Gasteiger partial charge in [-0.1, -0.05) is 36.4 Å². The summed E-state index contributed by atoms with van der Waals surface area (Å²) in [6, 6.07) is 8.27. The second kappa shape index (κ2) is 11.6. The van der Waals surface area contributed by atoms with Gasteiger partial charge in [0.05, 0.1) is 11.9 Å². The molecule has 3 aromatic rings. The van der Waals surface area contributed by atoms with Gasteiger partial charge in [0.2, 0.25) is 5.91 Å². The first-order valence-electron chi connectivity index (χ1n) is 13.7. The molecular weight excluding hydrogens is 506 g/mol. The summed E-state index contributed by atoms with van der Waals surface area (Å²) >= 11 is 0. The first-order valence-corrected chi connectivity index (χ1v) is 13.7. The van der Waals surface area contributed by atoms with Gasteiger partial charge in [0.25, 0.3) is 0 Å². The summed E-state index contributed by atoms with van der Waals surface area (Å²) < 4.78 is 5.19. The SMILES string of the molecule is Cc1cc(-c2ccncc2N2CCN(C(=O)C=CCN(C)C)CC2)ccc1CNC(=O)c1nc(C2(C)CC2)no1. The number of hydrogen-bond donors (Lipinski definition) is 1. The highest BCUT2D eigenvalue weighted by molar-refractivity contribution is 5.89. The smallest absolute Gasteiger partial charge is 0.315 e. The van der Waals surface area contributed by atoms with Gasteiger partial charge in [-0.15, -0.1) is 0 Å². The minimum absolute atomic E-state index is 0.00482. The molecule has 2 aliphatic rings. The van der Waals surface area contributed by atoms with Crippen molar-refractivity contribution in [2.45, 2.75) is 38.6 Å². The van der Waals surface area contributed by atoms with Gasteiger partial charge >= 0.3 is 11.8 Å². The van der Waals surface area contributed by atoms with Crippen molar-refractivity contribution in [3.8, 4) is 11.1 Å². The van der Waals surface area contributed by atoms with Crippen molar-refractivity contribution in [2.75, 3.05) is 51.7 Å². The Labute approximate surface area is 235 Å². The Kier molecular flexibility index (Phi) is 7.97. The zero-order chi connectivity index (χ0) is 28.3. The number of benzene rings is 1. The van der Waals surface area contributed by atoms with Gasteiger partial charge in [-0.3, -0.25) is 14.6 Å². The average molecular weight is 544 g/mol. The van der Waals surface area contributed by atoms with E-state index in [4.69, 9.17) is 4.52 Å². The van der Waals surface area contributed by atoms with E-state index in [9.17, 15) is 9.59 Å². The molecule has 1 N–H and O–H groups in total. The van der Waals surface area contributed by atoms with Crippen LogP contribution in [0.2, 0.25) is 0 Å². The highest BCUT2D eigenvalue weighted by Gasteiger charge is 2.44. The third-order valence-electron chi connectivity index (χ3n) is 7.72. The summed E-state index contributed by atoms with van der Waals surface area (Å²) in [5, 5.41) is 6.89. The van der Waals surface area contributed by atoms with E-state index >= 15 is 0 Å². The number of aromatic nitrogens is 3. The quantitative estimate of drug-likeness (QED) is 0.410. The molecule has 0 radical (unpaired) electrons. The Morgan fingerprint density at radius 2 is 1.93 bits per heavy atom. The van der Waals surface area contributed by atoms with E-state index in [0.717, 1.165) is 60.4 Å². The highest BCUT2D eigenvalue weighted by atomic mass is 16.5. The number of anilines is 1. The van der Waals surface area contributed by atoms with E-state index in [1.807, 2.05) is 55.2 Å². The predicted octanol–water partition coefficient (Wildman–Crippen LogP) is 3.19. The zero-order valence-electron chi connectivity index (χ0n) is 23.7. The Hall–Kier alpha value is -4.05. The fraction of sp³-hybridized carbons (Fsp3) is 0.433. The number of pyridine rings is 1. The molecule has 10 nitrogen and oxygen atoms in total. The van der Waals surface area contributed by atoms with Crippen molar-refractivity contribution in [1.82, 2.24) is 30.2 Å². The summed E-state index contributed by atoms with van der Waals surface area (Å²) in [6.07, 6.45) is 9.31. The predicted molar refractivity (Wildman–Crippen MR) is 153 cm³/mol. The van der Waals surface area contributed by atoms with Crippen molar-refractivity contribution in [2.24, 2.45) is 0 Å². The molecule has 1 aliphatic heterocycles. The number of amides is 2. The van der Waals surface area contributed by atoms with Crippen LogP contribution in [0.4, 0.5) is 5.69 Å². The number of aryl methyl sites for hydroxylation is 1. The molecule has 2 fully saturated rings. The largest absolute Gasteiger partial charge is 0.366 e. The van der Waals surface area contributed by atoms with Gasteiger partial charge in [-0.25, -0.2) is 0 Å². The van der Waals surface area contributed by atoms with Crippen LogP contribution in [0.3, 0.4) is 0 Å². The van der Waals surface area contributed by atoms with Gasteiger partial charge < -0.3 is 24.5 Å². The first-order chi connectivity index (χ1) is 19.2. The van der Waals surface area contributed by atoms with Crippen LogP contribution < -0.4 is 10.2 Å². The van der Waals surface area contributed by atoms with E-state index < -0.39 is 0 Å². The summed E-state index contributed by atoms with van der Waals surface area (Å²) in [6.45, 7) is 8.04. The third kappa shape index (κ3) is 6.22. The molecule has 0 spiro atoms. The van der Waals surface area contributed by atoms with E-state index in [2.05, 4.69) is 44.4 Å². The van der Waals surface area contributed by atoms with Gasteiger partial charge in [-0.05, 0) is 56.6 Å². The van der Waals surface area contributed by atoms with Gasteiger partial charge in [0.1, 0.15) is 0 Å². The molecule has 5 rings (SSSR count). The van der Waals surface area contributed by atoms with Crippen molar-refractivity contribution < 1.29 is 14.1 Å². The number of carbonyl (C=O) groups excluding carboxylic acids is 2. The molecule has 1 aliphatic carbocycles. The minimum atomic E-state index is -0.367. The van der Waals surface area contributed by atoms with Crippen LogP contribution >= 0.6 is 0 Å². The van der Waals surface area contributed by atoms with Crippen molar-refractivity contribution in [3.63, 3.8) is 0 Å². The van der Waals surface area contributed by atoms with Crippen molar-refractivity contribution in [1.29, 1.82) is 0 Å². The maximum atomic E-state index is 12.6. The number of rotatable bonds is 9. The zero-order valence-corrected chi connectivity index (χ0v) is 23.7. The van der Waals surface area contributed by atoms with Crippen LogP contribution in [-0.2, 0) is 16.8 Å². The monoisotopic (exact) mass is 543 g/mol. The van der Waals surface area contributed by atoms with Crippen molar-refractivity contribution >= 4 is 17.5 Å². The molecule has 0 bridgehead atoms. The van der Waals surface area contributed by atoms with Crippen LogP contribution in [0.25, 0.3) is 11.1 Å². The first kappa shape index (κ1) is 27.5. The maximum Gasteiger partial charge on any atom is 0.315 e. The van der Waals surface area contributed by atoms with Gasteiger partial charge in [0.15, 0.2) is 5.82 Å². The Balaban J connectivity index is 1.21. The molecule has 2 aromatic heterocycles. The molecular formula is C30H37N7O3. The lowest BCUT2D eigenvalue weighted by Crippen LogP contribution is -2.48. The fourth-order valence-electron chi connectivity index (χ4n) is 4.80. The maximum absolute atomic E-state index is 12.6. The summed E-state index contributed by atoms with van der Waals surface area (Å²) in [5.74, 6) is 0.304. The number of likely N-dealkylation sites (N-methyl/N-ethyl adjacent to an activating group) is 1. The molecule has 10 heteroatoms. The number of nitrogens with zero attached hydrogens (tertiary/aromatic N) is 6. The van der Waals surface area contributed by atoms with E-state index in [1.165, 1.54) is 0 Å². The summed E-state index contributed by atoms with van der Waals surface area (Å²) in [5.41, 5.74) is 5.25. The molecule has 0 atom stereocenters. The number of hydrogen-bond acceptors (Lipinski definition) is 8. The number of carbonyl (C=O) groups is 2. The van der Waals surface area contributed by atoms with Crippen LogP contribution in [0.15, 0.2) is 53.3 Å². The second-order valence-corrected chi connectivity index (χ2v) is 11.2. The van der Waals surface area contributed by atoms with Crippen LogP contribution in [0.1, 0.15) is 47.4 Å². The lowest BCUT2D eigenvalue weighted by Gasteiger charge is -2.36. The third-order valence-corrected chi connectivity index (χ3v) is 7.72. The van der Waals surface area contributed by atoms with Crippen LogP contribution in [-0.4, -0.2) is 83.6 Å². The highest BCUT2D eigenvalue weighted by Crippen LogP contribution is 2.45. The van der Waals surface area contributed by atoms with E-state index in [-0.39, 0.29) is 23.1 Å². The molecule has 2 amide bonds. The second-order valence-electron chi connectivity index (χ2n) is 11.2.